The molecule has 2 aliphatic heterocycles. The van der Waals surface area contributed by atoms with Gasteiger partial charge in [0.25, 0.3) is 0 Å². The van der Waals surface area contributed by atoms with E-state index in [4.69, 9.17) is 4.99 Å². The van der Waals surface area contributed by atoms with Gasteiger partial charge in [-0.15, -0.1) is 24.0 Å². The van der Waals surface area contributed by atoms with E-state index in [2.05, 4.69) is 26.9 Å². The summed E-state index contributed by atoms with van der Waals surface area (Å²) in [6.45, 7) is 11.1. The van der Waals surface area contributed by atoms with Crippen molar-refractivity contribution in [3.8, 4) is 0 Å². The fraction of sp³-hybridized carbons (Fsp3) is 0.913. The average Bonchev–Trinajstić information content (AvgIpc) is 3.43. The largest absolute Gasteiger partial charge is 0.357 e. The number of piperazine rings is 1. The molecule has 2 aliphatic carbocycles. The molecular weight excluding hydrogens is 489 g/mol. The third-order valence-corrected chi connectivity index (χ3v) is 7.68. The molecule has 2 unspecified atom stereocenters. The molecule has 0 bridgehead atoms. The fourth-order valence-corrected chi connectivity index (χ4v) is 5.92. The number of carbonyl (C=O) groups is 1. The van der Waals surface area contributed by atoms with Crippen molar-refractivity contribution in [1.82, 2.24) is 20.0 Å². The lowest BCUT2D eigenvalue weighted by Gasteiger charge is -2.35. The minimum absolute atomic E-state index is 0. The zero-order valence-corrected chi connectivity index (χ0v) is 21.2. The van der Waals surface area contributed by atoms with Crippen molar-refractivity contribution in [3.05, 3.63) is 0 Å². The van der Waals surface area contributed by atoms with E-state index in [1.54, 1.807) is 0 Å². The summed E-state index contributed by atoms with van der Waals surface area (Å²) in [7, 11) is 0. The van der Waals surface area contributed by atoms with Gasteiger partial charge in [-0.2, -0.15) is 0 Å². The lowest BCUT2D eigenvalue weighted by atomic mass is 9.82. The third-order valence-electron chi connectivity index (χ3n) is 7.68. The van der Waals surface area contributed by atoms with Gasteiger partial charge in [0.05, 0.1) is 6.54 Å². The van der Waals surface area contributed by atoms with E-state index in [1.165, 1.54) is 51.6 Å². The Labute approximate surface area is 200 Å². The second kappa shape index (κ2) is 11.9. The maximum Gasteiger partial charge on any atom is 0.225 e. The number of guanidine groups is 1. The van der Waals surface area contributed by atoms with E-state index in [-0.39, 0.29) is 24.0 Å². The number of likely N-dealkylation sites (tertiary alicyclic amines) is 1. The van der Waals surface area contributed by atoms with Gasteiger partial charge in [-0.05, 0) is 44.4 Å². The van der Waals surface area contributed by atoms with Gasteiger partial charge in [0.15, 0.2) is 5.96 Å². The molecule has 0 aromatic carbocycles. The van der Waals surface area contributed by atoms with Crippen molar-refractivity contribution in [3.63, 3.8) is 0 Å². The van der Waals surface area contributed by atoms with Crippen molar-refractivity contribution in [2.75, 3.05) is 58.9 Å². The summed E-state index contributed by atoms with van der Waals surface area (Å²) in [6.07, 6.45) is 10.3. The molecule has 6 nitrogen and oxygen atoms in total. The molecule has 0 aromatic heterocycles. The van der Waals surface area contributed by atoms with Gasteiger partial charge in [0, 0.05) is 58.3 Å². The highest BCUT2D eigenvalue weighted by atomic mass is 127. The number of nitrogens with one attached hydrogen (secondary N) is 1. The number of aliphatic imine (C=N–C) groups is 1. The standard InChI is InChI=1S/C23H41N5O.HI/c1-2-24-23(28-17-20-9-5-6-10-21(20)18-28)25-11-12-26-13-15-27(16-14-26)22(29)19-7-3-4-8-19;/h19-21H,2-18H2,1H3,(H,24,25);1H. The summed E-state index contributed by atoms with van der Waals surface area (Å²) in [6, 6.07) is 0. The summed E-state index contributed by atoms with van der Waals surface area (Å²) in [5.74, 6) is 3.64. The number of nitrogens with zero attached hydrogens (tertiary/aromatic N) is 4. The van der Waals surface area contributed by atoms with Crippen molar-refractivity contribution in [2.45, 2.75) is 58.3 Å². The maximum atomic E-state index is 12.6. The highest BCUT2D eigenvalue weighted by molar-refractivity contribution is 14.0. The molecule has 0 spiro atoms. The molecule has 2 heterocycles. The number of amides is 1. The van der Waals surface area contributed by atoms with Crippen LogP contribution in [0.4, 0.5) is 0 Å². The first-order valence-corrected chi connectivity index (χ1v) is 12.3. The molecule has 30 heavy (non-hydrogen) atoms. The molecule has 0 aromatic rings. The van der Waals surface area contributed by atoms with E-state index in [9.17, 15) is 4.79 Å². The second-order valence-electron chi connectivity index (χ2n) is 9.59. The number of carbonyl (C=O) groups excluding carboxylic acids is 1. The molecule has 2 saturated carbocycles. The van der Waals surface area contributed by atoms with Gasteiger partial charge in [-0.1, -0.05) is 25.7 Å². The average molecular weight is 532 g/mol. The van der Waals surface area contributed by atoms with Gasteiger partial charge >= 0.3 is 0 Å². The van der Waals surface area contributed by atoms with Crippen LogP contribution in [0.2, 0.25) is 0 Å². The van der Waals surface area contributed by atoms with Crippen LogP contribution in [-0.2, 0) is 4.79 Å². The van der Waals surface area contributed by atoms with Crippen LogP contribution in [0.5, 0.6) is 0 Å². The molecular formula is C23H42IN5O. The van der Waals surface area contributed by atoms with E-state index in [0.29, 0.717) is 11.8 Å². The highest BCUT2D eigenvalue weighted by Crippen LogP contribution is 2.36. The molecule has 4 fully saturated rings. The molecule has 7 heteroatoms. The Kier molecular flexibility index (Phi) is 9.54. The lowest BCUT2D eigenvalue weighted by Crippen LogP contribution is -2.50. The SMILES string of the molecule is CCNC(=NCCN1CCN(C(=O)C2CCCC2)CC1)N1CC2CCCCC2C1.I. The van der Waals surface area contributed by atoms with Crippen LogP contribution in [0.3, 0.4) is 0 Å². The minimum Gasteiger partial charge on any atom is -0.357 e. The molecule has 2 saturated heterocycles. The van der Waals surface area contributed by atoms with Crippen LogP contribution in [0.15, 0.2) is 4.99 Å². The van der Waals surface area contributed by atoms with Gasteiger partial charge in [0.2, 0.25) is 5.91 Å². The van der Waals surface area contributed by atoms with Crippen LogP contribution in [-0.4, -0.2) is 85.5 Å². The highest BCUT2D eigenvalue weighted by Gasteiger charge is 2.35. The summed E-state index contributed by atoms with van der Waals surface area (Å²) < 4.78 is 0. The first-order chi connectivity index (χ1) is 14.2. The summed E-state index contributed by atoms with van der Waals surface area (Å²) in [5.41, 5.74) is 0. The van der Waals surface area contributed by atoms with Crippen LogP contribution >= 0.6 is 24.0 Å². The molecule has 1 amide bonds. The number of hydrogen-bond acceptors (Lipinski definition) is 3. The number of halogens is 1. The maximum absolute atomic E-state index is 12.6. The lowest BCUT2D eigenvalue weighted by molar-refractivity contribution is -0.137. The number of hydrogen-bond donors (Lipinski definition) is 1. The molecule has 4 rings (SSSR count). The first-order valence-electron chi connectivity index (χ1n) is 12.3. The quantitative estimate of drug-likeness (QED) is 0.337. The number of fused-ring (bicyclic) bond motifs is 1. The Morgan fingerprint density at radius 2 is 1.50 bits per heavy atom. The van der Waals surface area contributed by atoms with Crippen molar-refractivity contribution in [1.29, 1.82) is 0 Å². The van der Waals surface area contributed by atoms with E-state index >= 15 is 0 Å². The molecule has 0 radical (unpaired) electrons. The van der Waals surface area contributed by atoms with Gasteiger partial charge in [-0.3, -0.25) is 14.7 Å². The third kappa shape index (κ3) is 6.02. The van der Waals surface area contributed by atoms with E-state index in [0.717, 1.165) is 76.5 Å². The van der Waals surface area contributed by atoms with Gasteiger partial charge < -0.3 is 15.1 Å². The Morgan fingerprint density at radius 1 is 0.900 bits per heavy atom. The predicted octanol–water partition coefficient (Wildman–Crippen LogP) is 3.03. The second-order valence-corrected chi connectivity index (χ2v) is 9.59. The number of rotatable bonds is 5. The summed E-state index contributed by atoms with van der Waals surface area (Å²) in [5, 5.41) is 3.53. The predicted molar refractivity (Wildman–Crippen MR) is 133 cm³/mol. The van der Waals surface area contributed by atoms with Crippen LogP contribution in [0.1, 0.15) is 58.3 Å². The summed E-state index contributed by atoms with van der Waals surface area (Å²) >= 11 is 0. The Balaban J connectivity index is 0.00000256. The zero-order valence-electron chi connectivity index (χ0n) is 18.9. The molecule has 4 aliphatic rings. The normalized spacial score (nSPS) is 28.4. The fourth-order valence-electron chi connectivity index (χ4n) is 5.92. The minimum atomic E-state index is 0. The smallest absolute Gasteiger partial charge is 0.225 e. The van der Waals surface area contributed by atoms with E-state index in [1.807, 2.05) is 0 Å². The Hall–Kier alpha value is -0.570. The Morgan fingerprint density at radius 3 is 2.10 bits per heavy atom. The van der Waals surface area contributed by atoms with Crippen molar-refractivity contribution >= 4 is 35.8 Å². The molecule has 2 atom stereocenters. The van der Waals surface area contributed by atoms with Crippen LogP contribution < -0.4 is 5.32 Å². The monoisotopic (exact) mass is 531 g/mol. The van der Waals surface area contributed by atoms with Crippen LogP contribution in [0, 0.1) is 17.8 Å². The van der Waals surface area contributed by atoms with Crippen molar-refractivity contribution < 1.29 is 4.79 Å². The van der Waals surface area contributed by atoms with Gasteiger partial charge in [0.1, 0.15) is 0 Å². The van der Waals surface area contributed by atoms with Crippen molar-refractivity contribution in [2.24, 2.45) is 22.7 Å². The summed E-state index contributed by atoms with van der Waals surface area (Å²) in [4.78, 5) is 24.7. The van der Waals surface area contributed by atoms with E-state index < -0.39 is 0 Å². The molecule has 1 N–H and O–H groups in total. The van der Waals surface area contributed by atoms with Crippen LogP contribution in [0.25, 0.3) is 0 Å². The Bertz CT molecular complexity index is 558. The first kappa shape index (κ1) is 24.1. The zero-order chi connectivity index (χ0) is 20.1. The molecule has 172 valence electrons. The van der Waals surface area contributed by atoms with Gasteiger partial charge in [-0.25, -0.2) is 0 Å². The topological polar surface area (TPSA) is 51.2 Å².